The molecule has 1 aromatic carbocycles. The van der Waals surface area contributed by atoms with E-state index in [9.17, 15) is 0 Å². The summed E-state index contributed by atoms with van der Waals surface area (Å²) in [4.78, 5) is 2.04. The minimum atomic E-state index is 0.651. The number of benzene rings is 1. The summed E-state index contributed by atoms with van der Waals surface area (Å²) in [7, 11) is 4.01. The summed E-state index contributed by atoms with van der Waals surface area (Å²) in [6.07, 6.45) is 1.05. The molecule has 0 fully saturated rings. The second-order valence-electron chi connectivity index (χ2n) is 4.65. The predicted molar refractivity (Wildman–Crippen MR) is 70.1 cm³/mol. The Labute approximate surface area is 98.2 Å². The van der Waals surface area contributed by atoms with Crippen LogP contribution in [0.3, 0.4) is 0 Å². The van der Waals surface area contributed by atoms with Crippen molar-refractivity contribution in [2.45, 2.75) is 20.3 Å². The number of anilines is 2. The fraction of sp³-hybridized carbons (Fsp3) is 0.538. The van der Waals surface area contributed by atoms with Gasteiger partial charge in [-0.2, -0.15) is 0 Å². The second-order valence-corrected chi connectivity index (χ2v) is 4.65. The predicted octanol–water partition coefficient (Wildman–Crippen LogP) is 2.76. The molecule has 1 rings (SSSR count). The fourth-order valence-corrected chi connectivity index (χ4v) is 1.33. The van der Waals surface area contributed by atoms with Gasteiger partial charge in [0, 0.05) is 25.8 Å². The molecule has 0 unspecified atom stereocenters. The van der Waals surface area contributed by atoms with Crippen LogP contribution in [0.25, 0.3) is 0 Å². The number of rotatable bonds is 5. The maximum atomic E-state index is 5.86. The van der Waals surface area contributed by atoms with Crippen molar-refractivity contribution in [1.29, 1.82) is 0 Å². The maximum Gasteiger partial charge on any atom is 0.144 e. The third-order valence-corrected chi connectivity index (χ3v) is 2.47. The minimum absolute atomic E-state index is 0.651. The first kappa shape index (κ1) is 12.7. The summed E-state index contributed by atoms with van der Waals surface area (Å²) >= 11 is 0. The Morgan fingerprint density at radius 3 is 2.56 bits per heavy atom. The molecule has 0 saturated carbocycles. The molecular weight excluding hydrogens is 200 g/mol. The van der Waals surface area contributed by atoms with E-state index in [1.54, 1.807) is 0 Å². The second kappa shape index (κ2) is 5.64. The molecule has 0 atom stereocenters. The lowest BCUT2D eigenvalue weighted by atomic mass is 10.1. The van der Waals surface area contributed by atoms with Crippen LogP contribution >= 0.6 is 0 Å². The first-order chi connectivity index (χ1) is 7.50. The van der Waals surface area contributed by atoms with Gasteiger partial charge in [0.2, 0.25) is 0 Å². The van der Waals surface area contributed by atoms with Gasteiger partial charge in [-0.15, -0.1) is 0 Å². The minimum Gasteiger partial charge on any atom is -0.491 e. The van der Waals surface area contributed by atoms with E-state index >= 15 is 0 Å². The van der Waals surface area contributed by atoms with Crippen molar-refractivity contribution in [2.75, 3.05) is 31.3 Å². The zero-order valence-corrected chi connectivity index (χ0v) is 10.7. The molecule has 0 spiro atoms. The Bertz CT molecular complexity index is 335. The normalized spacial score (nSPS) is 10.6. The van der Waals surface area contributed by atoms with Crippen LogP contribution < -0.4 is 15.4 Å². The van der Waals surface area contributed by atoms with E-state index in [0.29, 0.717) is 11.6 Å². The highest BCUT2D eigenvalue weighted by molar-refractivity contribution is 5.61. The lowest BCUT2D eigenvalue weighted by Crippen LogP contribution is -2.10. The van der Waals surface area contributed by atoms with Gasteiger partial charge in [0.15, 0.2) is 0 Å². The first-order valence-electron chi connectivity index (χ1n) is 5.70. The largest absolute Gasteiger partial charge is 0.491 e. The van der Waals surface area contributed by atoms with Gasteiger partial charge in [0.1, 0.15) is 5.75 Å². The summed E-state index contributed by atoms with van der Waals surface area (Å²) in [6, 6.07) is 5.86. The number of nitrogen functional groups attached to an aromatic ring is 1. The van der Waals surface area contributed by atoms with Crippen molar-refractivity contribution in [2.24, 2.45) is 5.92 Å². The highest BCUT2D eigenvalue weighted by Crippen LogP contribution is 2.27. The van der Waals surface area contributed by atoms with E-state index < -0.39 is 0 Å². The van der Waals surface area contributed by atoms with Crippen molar-refractivity contribution in [3.63, 3.8) is 0 Å². The van der Waals surface area contributed by atoms with Crippen LogP contribution in [-0.2, 0) is 0 Å². The number of nitrogens with zero attached hydrogens (tertiary/aromatic N) is 1. The van der Waals surface area contributed by atoms with E-state index in [4.69, 9.17) is 10.5 Å². The van der Waals surface area contributed by atoms with Crippen molar-refractivity contribution in [3.05, 3.63) is 18.2 Å². The molecule has 0 heterocycles. The number of hydrogen-bond donors (Lipinski definition) is 1. The van der Waals surface area contributed by atoms with Crippen molar-refractivity contribution >= 4 is 11.4 Å². The first-order valence-corrected chi connectivity index (χ1v) is 5.70. The van der Waals surface area contributed by atoms with Gasteiger partial charge in [-0.05, 0) is 24.5 Å². The molecule has 0 aliphatic carbocycles. The van der Waals surface area contributed by atoms with E-state index in [1.165, 1.54) is 0 Å². The van der Waals surface area contributed by atoms with E-state index in [2.05, 4.69) is 13.8 Å². The molecule has 0 amide bonds. The van der Waals surface area contributed by atoms with Gasteiger partial charge in [-0.25, -0.2) is 0 Å². The van der Waals surface area contributed by atoms with Crippen LogP contribution in [0.4, 0.5) is 11.4 Å². The van der Waals surface area contributed by atoms with Gasteiger partial charge in [0.25, 0.3) is 0 Å². The Morgan fingerprint density at radius 2 is 2.00 bits per heavy atom. The quantitative estimate of drug-likeness (QED) is 0.778. The Kier molecular flexibility index (Phi) is 4.47. The Morgan fingerprint density at radius 1 is 1.31 bits per heavy atom. The molecule has 0 aliphatic heterocycles. The lowest BCUT2D eigenvalue weighted by Gasteiger charge is -2.16. The number of nitrogens with two attached hydrogens (primary N) is 1. The zero-order chi connectivity index (χ0) is 12.1. The summed E-state index contributed by atoms with van der Waals surface area (Å²) in [6.45, 7) is 5.09. The highest BCUT2D eigenvalue weighted by atomic mass is 16.5. The summed E-state index contributed by atoms with van der Waals surface area (Å²) in [5, 5.41) is 0. The number of ether oxygens (including phenoxy) is 1. The van der Waals surface area contributed by atoms with Crippen LogP contribution in [0.2, 0.25) is 0 Å². The molecule has 16 heavy (non-hydrogen) atoms. The van der Waals surface area contributed by atoms with E-state index in [-0.39, 0.29) is 0 Å². The van der Waals surface area contributed by atoms with E-state index in [0.717, 1.165) is 24.5 Å². The van der Waals surface area contributed by atoms with Crippen LogP contribution in [0.15, 0.2) is 18.2 Å². The molecule has 0 aliphatic rings. The summed E-state index contributed by atoms with van der Waals surface area (Å²) in [5.74, 6) is 1.44. The summed E-state index contributed by atoms with van der Waals surface area (Å²) in [5.41, 5.74) is 7.67. The SMILES string of the molecule is CC(C)CCOc1cc(N(C)C)ccc1N. The summed E-state index contributed by atoms with van der Waals surface area (Å²) < 4.78 is 5.69. The monoisotopic (exact) mass is 222 g/mol. The average molecular weight is 222 g/mol. The van der Waals surface area contributed by atoms with Gasteiger partial charge in [-0.3, -0.25) is 0 Å². The molecule has 2 N–H and O–H groups in total. The zero-order valence-electron chi connectivity index (χ0n) is 10.7. The van der Waals surface area contributed by atoms with Gasteiger partial charge in [-0.1, -0.05) is 13.8 Å². The highest BCUT2D eigenvalue weighted by Gasteiger charge is 2.04. The van der Waals surface area contributed by atoms with Gasteiger partial charge < -0.3 is 15.4 Å². The molecule has 1 aromatic rings. The van der Waals surface area contributed by atoms with Crippen LogP contribution in [0.1, 0.15) is 20.3 Å². The molecule has 0 bridgehead atoms. The van der Waals surface area contributed by atoms with Gasteiger partial charge in [0.05, 0.1) is 12.3 Å². The molecule has 0 radical (unpaired) electrons. The third kappa shape index (κ3) is 3.65. The Balaban J connectivity index is 2.67. The van der Waals surface area contributed by atoms with Crippen LogP contribution in [0, 0.1) is 5.92 Å². The lowest BCUT2D eigenvalue weighted by molar-refractivity contribution is 0.291. The standard InChI is InChI=1S/C13H22N2O/c1-10(2)7-8-16-13-9-11(15(3)4)5-6-12(13)14/h5-6,9-10H,7-8,14H2,1-4H3. The van der Waals surface area contributed by atoms with Crippen LogP contribution in [-0.4, -0.2) is 20.7 Å². The maximum absolute atomic E-state index is 5.86. The number of hydrogen-bond acceptors (Lipinski definition) is 3. The molecular formula is C13H22N2O. The molecule has 0 saturated heterocycles. The molecule has 0 aromatic heterocycles. The van der Waals surface area contributed by atoms with Crippen LogP contribution in [0.5, 0.6) is 5.75 Å². The van der Waals surface area contributed by atoms with Crippen molar-refractivity contribution in [1.82, 2.24) is 0 Å². The Hall–Kier alpha value is -1.38. The molecule has 3 heteroatoms. The molecule has 90 valence electrons. The van der Waals surface area contributed by atoms with Crippen molar-refractivity contribution < 1.29 is 4.74 Å². The van der Waals surface area contributed by atoms with E-state index in [1.807, 2.05) is 37.2 Å². The average Bonchev–Trinajstić information content (AvgIpc) is 2.20. The third-order valence-electron chi connectivity index (χ3n) is 2.47. The smallest absolute Gasteiger partial charge is 0.144 e. The topological polar surface area (TPSA) is 38.5 Å². The fourth-order valence-electron chi connectivity index (χ4n) is 1.33. The van der Waals surface area contributed by atoms with Gasteiger partial charge >= 0.3 is 0 Å². The van der Waals surface area contributed by atoms with Crippen molar-refractivity contribution in [3.8, 4) is 5.75 Å². The molecule has 3 nitrogen and oxygen atoms in total.